The number of thiazole rings is 1. The zero-order valence-electron chi connectivity index (χ0n) is 18.8. The number of benzene rings is 1. The lowest BCUT2D eigenvalue weighted by atomic mass is 9.93. The van der Waals surface area contributed by atoms with Gasteiger partial charge in [-0.2, -0.15) is 0 Å². The summed E-state index contributed by atoms with van der Waals surface area (Å²) in [4.78, 5) is 43.3. The van der Waals surface area contributed by atoms with Crippen LogP contribution in [-0.4, -0.2) is 36.0 Å². The number of carbonyl (C=O) groups excluding carboxylic acids is 1. The summed E-state index contributed by atoms with van der Waals surface area (Å²) in [6, 6.07) is 9.95. The molecule has 0 atom stereocenters. The molecule has 9 heteroatoms. The Morgan fingerprint density at radius 3 is 2.58 bits per heavy atom. The third kappa shape index (κ3) is 5.72. The molecule has 1 aromatic carbocycles. The first-order valence-corrected chi connectivity index (χ1v) is 12.5. The number of aryl methyl sites for hydroxylation is 1. The van der Waals surface area contributed by atoms with E-state index in [0.29, 0.717) is 23.8 Å². The highest BCUT2D eigenvalue weighted by Gasteiger charge is 2.19. The maximum atomic E-state index is 13.1. The average Bonchev–Trinajstić information content (AvgIpc) is 3.27. The van der Waals surface area contributed by atoms with Crippen LogP contribution >= 0.6 is 23.1 Å². The molecule has 0 amide bonds. The fraction of sp³-hybridized carbons (Fsp3) is 0.333. The molecule has 0 unspecified atom stereocenters. The zero-order chi connectivity index (χ0) is 23.4. The number of fused-ring (bicyclic) bond motifs is 1. The molecule has 4 aromatic rings. The van der Waals surface area contributed by atoms with Crippen LogP contribution in [0, 0.1) is 0 Å². The highest BCUT2D eigenvalue weighted by atomic mass is 32.2. The van der Waals surface area contributed by atoms with Gasteiger partial charge in [-0.15, -0.1) is 11.3 Å². The van der Waals surface area contributed by atoms with E-state index in [1.165, 1.54) is 35.5 Å². The second-order valence-corrected chi connectivity index (χ2v) is 10.6. The lowest BCUT2D eigenvalue weighted by Gasteiger charge is -2.14. The zero-order valence-corrected chi connectivity index (χ0v) is 20.4. The third-order valence-electron chi connectivity index (χ3n) is 5.06. The molecule has 0 N–H and O–H groups in total. The summed E-state index contributed by atoms with van der Waals surface area (Å²) in [6.07, 6.45) is 3.95. The van der Waals surface area contributed by atoms with Crippen molar-refractivity contribution < 1.29 is 4.79 Å². The molecular weight excluding hydrogens is 454 g/mol. The molecule has 33 heavy (non-hydrogen) atoms. The standard InChI is InChI=1S/C24H25N5O2S2/c1-24(2,3)18-15-32-19(27-18)13-17(30)14-33-23-28-21-20(25-10-11-26-21)22(31)29(23)12-9-16-7-5-4-6-8-16/h4-8,10-11,15H,9,12-14H2,1-3H3. The summed E-state index contributed by atoms with van der Waals surface area (Å²) in [5.74, 6) is 0.242. The first-order valence-electron chi connectivity index (χ1n) is 10.7. The van der Waals surface area contributed by atoms with Gasteiger partial charge in [-0.05, 0) is 12.0 Å². The second kappa shape index (κ2) is 9.93. The molecule has 0 spiro atoms. The number of Topliss-reactive ketones (excluding diaryl/α,β-unsaturated/α-hetero) is 1. The van der Waals surface area contributed by atoms with Crippen LogP contribution in [0.15, 0.2) is 58.1 Å². The molecule has 0 bridgehead atoms. The molecule has 0 aliphatic carbocycles. The minimum atomic E-state index is -0.242. The van der Waals surface area contributed by atoms with E-state index in [9.17, 15) is 9.59 Å². The van der Waals surface area contributed by atoms with Crippen LogP contribution in [0.25, 0.3) is 11.2 Å². The van der Waals surface area contributed by atoms with Gasteiger partial charge in [-0.25, -0.2) is 19.9 Å². The molecule has 0 aliphatic heterocycles. The molecule has 3 aromatic heterocycles. The Bertz CT molecular complexity index is 1330. The van der Waals surface area contributed by atoms with Crippen molar-refractivity contribution >= 4 is 40.0 Å². The SMILES string of the molecule is CC(C)(C)c1csc(CC(=O)CSc2nc3nccnc3c(=O)n2CCc2ccccc2)n1. The Morgan fingerprint density at radius 2 is 1.85 bits per heavy atom. The Labute approximate surface area is 200 Å². The van der Waals surface area contributed by atoms with Gasteiger partial charge in [-0.1, -0.05) is 62.9 Å². The van der Waals surface area contributed by atoms with Crippen LogP contribution in [0.2, 0.25) is 0 Å². The van der Waals surface area contributed by atoms with Crippen molar-refractivity contribution in [3.8, 4) is 0 Å². The quantitative estimate of drug-likeness (QED) is 0.278. The van der Waals surface area contributed by atoms with Crippen molar-refractivity contribution in [2.24, 2.45) is 0 Å². The van der Waals surface area contributed by atoms with Gasteiger partial charge in [0.25, 0.3) is 5.56 Å². The minimum absolute atomic E-state index is 0.0397. The van der Waals surface area contributed by atoms with Crippen LogP contribution in [0.1, 0.15) is 37.0 Å². The molecule has 0 saturated heterocycles. The van der Waals surface area contributed by atoms with Gasteiger partial charge < -0.3 is 0 Å². The Hall–Kier alpha value is -2.91. The molecule has 0 aliphatic rings. The van der Waals surface area contributed by atoms with Crippen LogP contribution in [0.4, 0.5) is 0 Å². The lowest BCUT2D eigenvalue weighted by Crippen LogP contribution is -2.26. The average molecular weight is 480 g/mol. The number of hydrogen-bond donors (Lipinski definition) is 0. The molecule has 7 nitrogen and oxygen atoms in total. The topological polar surface area (TPSA) is 90.6 Å². The fourth-order valence-electron chi connectivity index (χ4n) is 3.22. The molecule has 170 valence electrons. The summed E-state index contributed by atoms with van der Waals surface area (Å²) >= 11 is 2.77. The molecule has 4 rings (SSSR count). The summed E-state index contributed by atoms with van der Waals surface area (Å²) in [5.41, 5.74) is 2.36. The van der Waals surface area contributed by atoms with Gasteiger partial charge in [-0.3, -0.25) is 14.2 Å². The molecule has 0 saturated carbocycles. The van der Waals surface area contributed by atoms with Gasteiger partial charge >= 0.3 is 0 Å². The van der Waals surface area contributed by atoms with E-state index in [2.05, 4.69) is 40.7 Å². The monoisotopic (exact) mass is 479 g/mol. The van der Waals surface area contributed by atoms with Crippen molar-refractivity contribution in [3.63, 3.8) is 0 Å². The van der Waals surface area contributed by atoms with Crippen LogP contribution in [0.3, 0.4) is 0 Å². The van der Waals surface area contributed by atoms with E-state index in [-0.39, 0.29) is 34.4 Å². The number of hydrogen-bond acceptors (Lipinski definition) is 8. The summed E-state index contributed by atoms with van der Waals surface area (Å²) in [6.45, 7) is 6.76. The molecule has 0 fully saturated rings. The minimum Gasteiger partial charge on any atom is -0.298 e. The van der Waals surface area contributed by atoms with Crippen LogP contribution < -0.4 is 5.56 Å². The van der Waals surface area contributed by atoms with E-state index >= 15 is 0 Å². The maximum absolute atomic E-state index is 13.1. The van der Waals surface area contributed by atoms with E-state index < -0.39 is 0 Å². The first-order chi connectivity index (χ1) is 15.8. The van der Waals surface area contributed by atoms with E-state index in [1.54, 1.807) is 4.57 Å². The molecular formula is C24H25N5O2S2. The molecule has 3 heterocycles. The van der Waals surface area contributed by atoms with Gasteiger partial charge in [0, 0.05) is 29.7 Å². The largest absolute Gasteiger partial charge is 0.298 e. The van der Waals surface area contributed by atoms with Gasteiger partial charge in [0.2, 0.25) is 0 Å². The Morgan fingerprint density at radius 1 is 1.09 bits per heavy atom. The van der Waals surface area contributed by atoms with Gasteiger partial charge in [0.15, 0.2) is 16.3 Å². The highest BCUT2D eigenvalue weighted by Crippen LogP contribution is 2.25. The number of ketones is 1. The van der Waals surface area contributed by atoms with Crippen molar-refractivity contribution in [1.82, 2.24) is 24.5 Å². The van der Waals surface area contributed by atoms with Crippen molar-refractivity contribution in [2.45, 2.75) is 50.7 Å². The number of aromatic nitrogens is 5. The van der Waals surface area contributed by atoms with Crippen molar-refractivity contribution in [2.75, 3.05) is 5.75 Å². The van der Waals surface area contributed by atoms with Gasteiger partial charge in [0.1, 0.15) is 10.8 Å². The Balaban J connectivity index is 1.52. The smallest absolute Gasteiger partial charge is 0.282 e. The predicted octanol–water partition coefficient (Wildman–Crippen LogP) is 4.09. The van der Waals surface area contributed by atoms with Crippen molar-refractivity contribution in [3.05, 3.63) is 74.7 Å². The highest BCUT2D eigenvalue weighted by molar-refractivity contribution is 7.99. The van der Waals surface area contributed by atoms with E-state index in [4.69, 9.17) is 0 Å². The third-order valence-corrected chi connectivity index (χ3v) is 6.94. The normalized spacial score (nSPS) is 11.7. The summed E-state index contributed by atoms with van der Waals surface area (Å²) < 4.78 is 1.60. The number of thioether (sulfide) groups is 1. The van der Waals surface area contributed by atoms with Crippen LogP contribution in [0.5, 0.6) is 0 Å². The Kier molecular flexibility index (Phi) is 6.99. The van der Waals surface area contributed by atoms with Crippen LogP contribution in [-0.2, 0) is 29.6 Å². The number of nitrogens with zero attached hydrogens (tertiary/aromatic N) is 5. The van der Waals surface area contributed by atoms with E-state index in [1.807, 2.05) is 35.7 Å². The maximum Gasteiger partial charge on any atom is 0.282 e. The second-order valence-electron chi connectivity index (χ2n) is 8.70. The summed E-state index contributed by atoms with van der Waals surface area (Å²) in [5, 5.41) is 3.30. The number of carbonyl (C=O) groups is 1. The fourth-order valence-corrected chi connectivity index (χ4v) is 5.15. The number of rotatable bonds is 8. The first kappa shape index (κ1) is 23.3. The molecule has 0 radical (unpaired) electrons. The van der Waals surface area contributed by atoms with Crippen molar-refractivity contribution in [1.29, 1.82) is 0 Å². The lowest BCUT2D eigenvalue weighted by molar-refractivity contribution is -0.116. The summed E-state index contributed by atoms with van der Waals surface area (Å²) in [7, 11) is 0. The van der Waals surface area contributed by atoms with E-state index in [0.717, 1.165) is 16.3 Å². The van der Waals surface area contributed by atoms with Gasteiger partial charge in [0.05, 0.1) is 17.9 Å². The predicted molar refractivity (Wildman–Crippen MR) is 132 cm³/mol.